The molecule has 0 fully saturated rings. The summed E-state index contributed by atoms with van der Waals surface area (Å²) in [5, 5.41) is 2.79. The van der Waals surface area contributed by atoms with E-state index < -0.39 is 5.97 Å². The summed E-state index contributed by atoms with van der Waals surface area (Å²) in [6, 6.07) is 11.1. The molecular formula is C19H21NO4. The second-order valence-electron chi connectivity index (χ2n) is 5.40. The van der Waals surface area contributed by atoms with Crippen LogP contribution in [0.5, 0.6) is 0 Å². The average molecular weight is 327 g/mol. The van der Waals surface area contributed by atoms with E-state index in [0.29, 0.717) is 11.7 Å². The maximum Gasteiger partial charge on any atom is 0.331 e. The Hall–Kier alpha value is -2.82. The molecule has 126 valence electrons. The monoisotopic (exact) mass is 327 g/mol. The van der Waals surface area contributed by atoms with E-state index in [1.165, 1.54) is 18.4 Å². The Kier molecular flexibility index (Phi) is 6.37. The SMILES string of the molecule is CCC(C)c1ccccc1NC(=O)COC(=O)C=Cc1ccco1. The highest BCUT2D eigenvalue weighted by atomic mass is 16.5. The summed E-state index contributed by atoms with van der Waals surface area (Å²) in [5.74, 6) is -0.0959. The smallest absolute Gasteiger partial charge is 0.331 e. The Bertz CT molecular complexity index is 704. The number of amides is 1. The molecule has 1 aromatic carbocycles. The fourth-order valence-electron chi connectivity index (χ4n) is 2.17. The minimum atomic E-state index is -0.600. The summed E-state index contributed by atoms with van der Waals surface area (Å²) in [6.45, 7) is 3.86. The second-order valence-corrected chi connectivity index (χ2v) is 5.40. The normalized spacial score (nSPS) is 12.1. The van der Waals surface area contributed by atoms with Gasteiger partial charge < -0.3 is 14.5 Å². The molecule has 24 heavy (non-hydrogen) atoms. The molecule has 0 aliphatic rings. The van der Waals surface area contributed by atoms with Crippen molar-refractivity contribution in [1.29, 1.82) is 0 Å². The molecule has 5 nitrogen and oxygen atoms in total. The zero-order valence-electron chi connectivity index (χ0n) is 13.8. The Labute approximate surface area is 141 Å². The summed E-state index contributed by atoms with van der Waals surface area (Å²) < 4.78 is 9.98. The number of anilines is 1. The van der Waals surface area contributed by atoms with E-state index in [2.05, 4.69) is 19.2 Å². The van der Waals surface area contributed by atoms with Gasteiger partial charge >= 0.3 is 5.97 Å². The van der Waals surface area contributed by atoms with Gasteiger partial charge in [0.15, 0.2) is 6.61 Å². The Morgan fingerprint density at radius 1 is 1.25 bits per heavy atom. The number of esters is 1. The maximum atomic E-state index is 12.0. The van der Waals surface area contributed by atoms with Crippen molar-refractivity contribution < 1.29 is 18.7 Å². The van der Waals surface area contributed by atoms with Crippen LogP contribution < -0.4 is 5.32 Å². The van der Waals surface area contributed by atoms with Crippen LogP contribution in [0.15, 0.2) is 53.2 Å². The minimum Gasteiger partial charge on any atom is -0.465 e. The highest BCUT2D eigenvalue weighted by molar-refractivity contribution is 5.95. The topological polar surface area (TPSA) is 68.5 Å². The summed E-state index contributed by atoms with van der Waals surface area (Å²) in [5.41, 5.74) is 1.82. The molecule has 0 bridgehead atoms. The van der Waals surface area contributed by atoms with Crippen LogP contribution in [-0.4, -0.2) is 18.5 Å². The van der Waals surface area contributed by atoms with E-state index in [-0.39, 0.29) is 12.5 Å². The average Bonchev–Trinajstić information content (AvgIpc) is 3.11. The van der Waals surface area contributed by atoms with Crippen LogP contribution in [0.2, 0.25) is 0 Å². The molecule has 5 heteroatoms. The van der Waals surface area contributed by atoms with Gasteiger partial charge in [-0.05, 0) is 42.2 Å². The van der Waals surface area contributed by atoms with Crippen molar-refractivity contribution >= 4 is 23.6 Å². The third-order valence-corrected chi connectivity index (χ3v) is 3.65. The lowest BCUT2D eigenvalue weighted by molar-refractivity contribution is -0.142. The number of para-hydroxylation sites is 1. The van der Waals surface area contributed by atoms with Crippen molar-refractivity contribution in [2.24, 2.45) is 0 Å². The molecule has 0 saturated heterocycles. The lowest BCUT2D eigenvalue weighted by atomic mass is 9.97. The number of rotatable bonds is 7. The van der Waals surface area contributed by atoms with Gasteiger partial charge in [0.2, 0.25) is 0 Å². The first-order valence-electron chi connectivity index (χ1n) is 7.87. The third kappa shape index (κ3) is 5.12. The van der Waals surface area contributed by atoms with Crippen LogP contribution >= 0.6 is 0 Å². The van der Waals surface area contributed by atoms with E-state index in [1.807, 2.05) is 24.3 Å². The molecule has 0 saturated carbocycles. The molecule has 0 spiro atoms. The number of carbonyl (C=O) groups excluding carboxylic acids is 2. The van der Waals surface area contributed by atoms with E-state index in [9.17, 15) is 9.59 Å². The number of hydrogen-bond acceptors (Lipinski definition) is 4. The fraction of sp³-hybridized carbons (Fsp3) is 0.263. The van der Waals surface area contributed by atoms with Crippen molar-refractivity contribution in [3.8, 4) is 0 Å². The first-order valence-corrected chi connectivity index (χ1v) is 7.87. The second kappa shape index (κ2) is 8.72. The van der Waals surface area contributed by atoms with E-state index >= 15 is 0 Å². The van der Waals surface area contributed by atoms with Crippen LogP contribution in [0.1, 0.15) is 37.5 Å². The predicted molar refractivity (Wildman–Crippen MR) is 92.5 cm³/mol. The van der Waals surface area contributed by atoms with Crippen molar-refractivity contribution in [1.82, 2.24) is 0 Å². The van der Waals surface area contributed by atoms with Gasteiger partial charge in [0, 0.05) is 11.8 Å². The first kappa shape index (κ1) is 17.5. The zero-order valence-corrected chi connectivity index (χ0v) is 13.8. The number of hydrogen-bond donors (Lipinski definition) is 1. The van der Waals surface area contributed by atoms with Crippen LogP contribution in [0.3, 0.4) is 0 Å². The van der Waals surface area contributed by atoms with Gasteiger partial charge in [-0.2, -0.15) is 0 Å². The Balaban J connectivity index is 1.86. The molecular weight excluding hydrogens is 306 g/mol. The summed E-state index contributed by atoms with van der Waals surface area (Å²) in [6.07, 6.45) is 5.18. The van der Waals surface area contributed by atoms with Crippen molar-refractivity contribution in [3.63, 3.8) is 0 Å². The van der Waals surface area contributed by atoms with Crippen LogP contribution in [0.4, 0.5) is 5.69 Å². The lowest BCUT2D eigenvalue weighted by Gasteiger charge is -2.15. The Morgan fingerprint density at radius 2 is 2.04 bits per heavy atom. The number of furan rings is 1. The summed E-state index contributed by atoms with van der Waals surface area (Å²) in [4.78, 5) is 23.6. The number of ether oxygens (including phenoxy) is 1. The van der Waals surface area contributed by atoms with E-state index in [1.54, 1.807) is 12.1 Å². The van der Waals surface area contributed by atoms with Gasteiger partial charge in [0.05, 0.1) is 6.26 Å². The first-order chi connectivity index (χ1) is 11.6. The van der Waals surface area contributed by atoms with Crippen LogP contribution in [0, 0.1) is 0 Å². The van der Waals surface area contributed by atoms with Gasteiger partial charge in [-0.3, -0.25) is 4.79 Å². The molecule has 0 radical (unpaired) electrons. The number of benzene rings is 1. The molecule has 0 aliphatic carbocycles. The minimum absolute atomic E-state index is 0.334. The standard InChI is InChI=1S/C19H21NO4/c1-3-14(2)16-8-4-5-9-17(16)20-18(21)13-24-19(22)11-10-15-7-6-12-23-15/h4-12,14H,3,13H2,1-2H3,(H,20,21). The van der Waals surface area contributed by atoms with Gasteiger partial charge in [-0.1, -0.05) is 32.0 Å². The van der Waals surface area contributed by atoms with Gasteiger partial charge in [0.25, 0.3) is 5.91 Å². The van der Waals surface area contributed by atoms with Gasteiger partial charge in [0.1, 0.15) is 5.76 Å². The zero-order chi connectivity index (χ0) is 17.4. The number of carbonyl (C=O) groups is 2. The van der Waals surface area contributed by atoms with Crippen LogP contribution in [-0.2, 0) is 14.3 Å². The fourth-order valence-corrected chi connectivity index (χ4v) is 2.17. The molecule has 2 rings (SSSR count). The molecule has 1 heterocycles. The lowest BCUT2D eigenvalue weighted by Crippen LogP contribution is -2.21. The largest absolute Gasteiger partial charge is 0.465 e. The van der Waals surface area contributed by atoms with Crippen molar-refractivity contribution in [2.75, 3.05) is 11.9 Å². The number of nitrogens with one attached hydrogen (secondary N) is 1. The van der Waals surface area contributed by atoms with Crippen molar-refractivity contribution in [3.05, 3.63) is 60.1 Å². The van der Waals surface area contributed by atoms with E-state index in [0.717, 1.165) is 17.7 Å². The van der Waals surface area contributed by atoms with Gasteiger partial charge in [-0.15, -0.1) is 0 Å². The Morgan fingerprint density at radius 3 is 2.75 bits per heavy atom. The highest BCUT2D eigenvalue weighted by Crippen LogP contribution is 2.26. The third-order valence-electron chi connectivity index (χ3n) is 3.65. The molecule has 2 aromatic rings. The molecule has 1 amide bonds. The quantitative estimate of drug-likeness (QED) is 0.617. The molecule has 1 unspecified atom stereocenters. The van der Waals surface area contributed by atoms with Crippen LogP contribution in [0.25, 0.3) is 6.08 Å². The molecule has 1 N–H and O–H groups in total. The highest BCUT2D eigenvalue weighted by Gasteiger charge is 2.12. The van der Waals surface area contributed by atoms with E-state index in [4.69, 9.17) is 9.15 Å². The van der Waals surface area contributed by atoms with Crippen molar-refractivity contribution in [2.45, 2.75) is 26.2 Å². The predicted octanol–water partition coefficient (Wildman–Crippen LogP) is 3.99. The summed E-state index contributed by atoms with van der Waals surface area (Å²) in [7, 11) is 0. The molecule has 1 aromatic heterocycles. The maximum absolute atomic E-state index is 12.0. The van der Waals surface area contributed by atoms with Gasteiger partial charge in [-0.25, -0.2) is 4.79 Å². The summed E-state index contributed by atoms with van der Waals surface area (Å²) >= 11 is 0. The molecule has 1 atom stereocenters. The molecule has 0 aliphatic heterocycles.